The average molecular weight is 325 g/mol. The maximum absolute atomic E-state index is 11.4. The Morgan fingerprint density at radius 1 is 1.12 bits per heavy atom. The van der Waals surface area contributed by atoms with E-state index in [9.17, 15) is 9.90 Å². The molecule has 1 saturated heterocycles. The molecule has 5 nitrogen and oxygen atoms in total. The highest BCUT2D eigenvalue weighted by Gasteiger charge is 2.21. The normalized spacial score (nSPS) is 16.1. The minimum atomic E-state index is -0.666. The summed E-state index contributed by atoms with van der Waals surface area (Å²) in [5.41, 5.74) is 2.70. The third-order valence-corrected chi connectivity index (χ3v) is 4.53. The van der Waals surface area contributed by atoms with Crippen molar-refractivity contribution in [2.75, 3.05) is 31.1 Å². The second-order valence-electron chi connectivity index (χ2n) is 6.22. The van der Waals surface area contributed by atoms with Gasteiger partial charge in [-0.15, -0.1) is 0 Å². The van der Waals surface area contributed by atoms with Crippen molar-refractivity contribution >= 4 is 11.7 Å². The van der Waals surface area contributed by atoms with Gasteiger partial charge in [0.15, 0.2) is 0 Å². The number of aromatic nitrogens is 1. The number of anilines is 1. The number of pyridine rings is 1. The number of rotatable bonds is 3. The van der Waals surface area contributed by atoms with Gasteiger partial charge in [-0.05, 0) is 24.1 Å². The molecule has 2 heterocycles. The highest BCUT2D eigenvalue weighted by molar-refractivity contribution is 5.73. The molecular formula is C19H23N3O2. The number of aliphatic hydroxyl groups is 1. The molecule has 126 valence electrons. The van der Waals surface area contributed by atoms with E-state index in [1.165, 1.54) is 0 Å². The third kappa shape index (κ3) is 3.41. The van der Waals surface area contributed by atoms with Crippen LogP contribution in [0.2, 0.25) is 0 Å². The minimum absolute atomic E-state index is 0.126. The lowest BCUT2D eigenvalue weighted by molar-refractivity contribution is -0.129. The van der Waals surface area contributed by atoms with Crippen molar-refractivity contribution in [3.05, 3.63) is 59.3 Å². The number of nitrogens with zero attached hydrogens (tertiary/aromatic N) is 3. The van der Waals surface area contributed by atoms with Crippen LogP contribution in [0.15, 0.2) is 42.6 Å². The first-order valence-electron chi connectivity index (χ1n) is 8.26. The van der Waals surface area contributed by atoms with Crippen molar-refractivity contribution in [3.63, 3.8) is 0 Å². The van der Waals surface area contributed by atoms with Crippen LogP contribution in [0.5, 0.6) is 0 Å². The number of hydrogen-bond acceptors (Lipinski definition) is 4. The first-order chi connectivity index (χ1) is 11.6. The average Bonchev–Trinajstić information content (AvgIpc) is 2.62. The molecule has 0 aliphatic carbocycles. The van der Waals surface area contributed by atoms with Crippen molar-refractivity contribution in [2.45, 2.75) is 20.0 Å². The summed E-state index contributed by atoms with van der Waals surface area (Å²) in [5.74, 6) is 1.06. The minimum Gasteiger partial charge on any atom is -0.384 e. The molecule has 1 unspecified atom stereocenters. The van der Waals surface area contributed by atoms with Crippen molar-refractivity contribution in [1.82, 2.24) is 9.88 Å². The van der Waals surface area contributed by atoms with Gasteiger partial charge in [0.25, 0.3) is 0 Å². The fourth-order valence-electron chi connectivity index (χ4n) is 3.13. The third-order valence-electron chi connectivity index (χ3n) is 4.53. The monoisotopic (exact) mass is 325 g/mol. The lowest BCUT2D eigenvalue weighted by Gasteiger charge is -2.35. The van der Waals surface area contributed by atoms with Crippen LogP contribution in [-0.4, -0.2) is 47.1 Å². The Morgan fingerprint density at radius 3 is 2.38 bits per heavy atom. The van der Waals surface area contributed by atoms with Crippen LogP contribution in [0.1, 0.15) is 29.7 Å². The molecular weight excluding hydrogens is 302 g/mol. The summed E-state index contributed by atoms with van der Waals surface area (Å²) in [7, 11) is 0. The molecule has 3 rings (SSSR count). The molecule has 0 saturated carbocycles. The Bertz CT molecular complexity index is 710. The molecule has 0 radical (unpaired) electrons. The first-order valence-corrected chi connectivity index (χ1v) is 8.26. The topological polar surface area (TPSA) is 56.7 Å². The smallest absolute Gasteiger partial charge is 0.219 e. The van der Waals surface area contributed by atoms with E-state index in [-0.39, 0.29) is 5.91 Å². The maximum Gasteiger partial charge on any atom is 0.219 e. The van der Waals surface area contributed by atoms with Gasteiger partial charge in [0.05, 0.1) is 0 Å². The summed E-state index contributed by atoms with van der Waals surface area (Å²) in [4.78, 5) is 20.1. The summed E-state index contributed by atoms with van der Waals surface area (Å²) in [6, 6.07) is 11.6. The Morgan fingerprint density at radius 2 is 1.79 bits per heavy atom. The number of carbonyl (C=O) groups excluding carboxylic acids is 1. The Hall–Kier alpha value is -2.40. The molecule has 1 fully saturated rings. The van der Waals surface area contributed by atoms with E-state index in [4.69, 9.17) is 0 Å². The second kappa shape index (κ2) is 7.01. The zero-order valence-electron chi connectivity index (χ0n) is 14.1. The summed E-state index contributed by atoms with van der Waals surface area (Å²) in [6.07, 6.45) is 1.08. The van der Waals surface area contributed by atoms with Gasteiger partial charge in [-0.25, -0.2) is 4.98 Å². The number of carbonyl (C=O) groups is 1. The van der Waals surface area contributed by atoms with Gasteiger partial charge in [0, 0.05) is 44.9 Å². The van der Waals surface area contributed by atoms with Gasteiger partial charge in [0.2, 0.25) is 5.91 Å². The predicted octanol–water partition coefficient (Wildman–Crippen LogP) is 2.14. The maximum atomic E-state index is 11.4. The quantitative estimate of drug-likeness (QED) is 0.939. The molecule has 5 heteroatoms. The fourth-order valence-corrected chi connectivity index (χ4v) is 3.13. The van der Waals surface area contributed by atoms with E-state index in [0.717, 1.165) is 48.7 Å². The summed E-state index contributed by atoms with van der Waals surface area (Å²) >= 11 is 0. The van der Waals surface area contributed by atoms with E-state index < -0.39 is 6.10 Å². The molecule has 1 aromatic heterocycles. The van der Waals surface area contributed by atoms with Crippen LogP contribution in [-0.2, 0) is 4.79 Å². The zero-order chi connectivity index (χ0) is 17.1. The zero-order valence-corrected chi connectivity index (χ0v) is 14.1. The van der Waals surface area contributed by atoms with E-state index in [2.05, 4.69) is 9.88 Å². The molecule has 1 N–H and O–H groups in total. The molecule has 0 bridgehead atoms. The standard InChI is InChI=1S/C19H23N3O2/c1-14-12-17(18(24)16-6-4-3-5-7-16)13-20-19(14)22-10-8-21(9-11-22)15(2)23/h3-7,12-13,18,24H,8-11H2,1-2H3. The first kappa shape index (κ1) is 16.5. The van der Waals surface area contributed by atoms with Crippen LogP contribution in [0.4, 0.5) is 5.82 Å². The summed E-state index contributed by atoms with van der Waals surface area (Å²) < 4.78 is 0. The number of benzene rings is 1. The number of aliphatic hydroxyl groups excluding tert-OH is 1. The molecule has 2 aromatic rings. The number of aryl methyl sites for hydroxylation is 1. The van der Waals surface area contributed by atoms with Crippen LogP contribution in [0, 0.1) is 6.92 Å². The van der Waals surface area contributed by atoms with Gasteiger partial charge >= 0.3 is 0 Å². The van der Waals surface area contributed by atoms with Gasteiger partial charge in [-0.1, -0.05) is 30.3 Å². The van der Waals surface area contributed by atoms with E-state index in [0.29, 0.717) is 0 Å². The van der Waals surface area contributed by atoms with Crippen molar-refractivity contribution in [3.8, 4) is 0 Å². The van der Waals surface area contributed by atoms with E-state index >= 15 is 0 Å². The van der Waals surface area contributed by atoms with Gasteiger partial charge in [-0.3, -0.25) is 4.79 Å². The highest BCUT2D eigenvalue weighted by atomic mass is 16.3. The molecule has 1 aliphatic rings. The Labute approximate surface area is 142 Å². The molecule has 1 atom stereocenters. The molecule has 24 heavy (non-hydrogen) atoms. The number of hydrogen-bond donors (Lipinski definition) is 1. The van der Waals surface area contributed by atoms with Crippen LogP contribution in [0.3, 0.4) is 0 Å². The molecule has 1 aromatic carbocycles. The Balaban J connectivity index is 1.75. The van der Waals surface area contributed by atoms with Crippen molar-refractivity contribution < 1.29 is 9.90 Å². The SMILES string of the molecule is CC(=O)N1CCN(c2ncc(C(O)c3ccccc3)cc2C)CC1. The lowest BCUT2D eigenvalue weighted by atomic mass is 10.0. The predicted molar refractivity (Wildman–Crippen MR) is 93.9 cm³/mol. The Kier molecular flexibility index (Phi) is 4.81. The second-order valence-corrected chi connectivity index (χ2v) is 6.22. The van der Waals surface area contributed by atoms with Crippen molar-refractivity contribution in [1.29, 1.82) is 0 Å². The largest absolute Gasteiger partial charge is 0.384 e. The van der Waals surface area contributed by atoms with Crippen LogP contribution >= 0.6 is 0 Å². The molecule has 1 aliphatic heterocycles. The van der Waals surface area contributed by atoms with Crippen molar-refractivity contribution in [2.24, 2.45) is 0 Å². The number of piperazine rings is 1. The van der Waals surface area contributed by atoms with Gasteiger partial charge in [-0.2, -0.15) is 0 Å². The van der Waals surface area contributed by atoms with E-state index in [1.807, 2.05) is 48.2 Å². The molecule has 0 spiro atoms. The van der Waals surface area contributed by atoms with Crippen LogP contribution in [0.25, 0.3) is 0 Å². The highest BCUT2D eigenvalue weighted by Crippen LogP contribution is 2.26. The van der Waals surface area contributed by atoms with Crippen LogP contribution < -0.4 is 4.90 Å². The van der Waals surface area contributed by atoms with Gasteiger partial charge < -0.3 is 14.9 Å². The fraction of sp³-hybridized carbons (Fsp3) is 0.368. The lowest BCUT2D eigenvalue weighted by Crippen LogP contribution is -2.48. The summed E-state index contributed by atoms with van der Waals surface area (Å²) in [5, 5.41) is 10.5. The van der Waals surface area contributed by atoms with Gasteiger partial charge in [0.1, 0.15) is 11.9 Å². The van der Waals surface area contributed by atoms with E-state index in [1.54, 1.807) is 13.1 Å². The molecule has 1 amide bonds. The number of amides is 1. The summed E-state index contributed by atoms with van der Waals surface area (Å²) in [6.45, 7) is 6.65.